The molecule has 0 aliphatic carbocycles. The van der Waals surface area contributed by atoms with E-state index < -0.39 is 36.4 Å². The summed E-state index contributed by atoms with van der Waals surface area (Å²) in [5.74, 6) is -5.66. The highest BCUT2D eigenvalue weighted by Crippen LogP contribution is 2.36. The second-order valence-corrected chi connectivity index (χ2v) is 7.34. The summed E-state index contributed by atoms with van der Waals surface area (Å²) in [6, 6.07) is 5.54. The molecular formula is C21H27F2NO4. The number of halogens is 2. The molecule has 28 heavy (non-hydrogen) atoms. The van der Waals surface area contributed by atoms with Crippen molar-refractivity contribution in [2.75, 3.05) is 6.54 Å². The van der Waals surface area contributed by atoms with E-state index in [2.05, 4.69) is 0 Å². The molecule has 1 aromatic carbocycles. The summed E-state index contributed by atoms with van der Waals surface area (Å²) < 4.78 is 28.0. The van der Waals surface area contributed by atoms with Crippen molar-refractivity contribution in [3.63, 3.8) is 0 Å². The third kappa shape index (κ3) is 5.38. The van der Waals surface area contributed by atoms with Gasteiger partial charge in [-0.1, -0.05) is 31.2 Å². The number of aromatic carboxylic acids is 1. The molecule has 0 bridgehead atoms. The van der Waals surface area contributed by atoms with Crippen LogP contribution in [0.3, 0.4) is 0 Å². The Kier molecular flexibility index (Phi) is 7.29. The van der Waals surface area contributed by atoms with Gasteiger partial charge >= 0.3 is 11.9 Å². The molecular weight excluding hydrogens is 368 g/mol. The fraction of sp³-hybridized carbons (Fsp3) is 0.524. The molecule has 1 fully saturated rings. The molecule has 0 saturated carbocycles. The summed E-state index contributed by atoms with van der Waals surface area (Å²) in [6.07, 6.45) is 3.52. The Bertz CT molecular complexity index is 718. The minimum absolute atomic E-state index is 0.0798. The van der Waals surface area contributed by atoms with Crippen molar-refractivity contribution in [1.29, 1.82) is 0 Å². The second kappa shape index (κ2) is 9.28. The molecule has 2 N–H and O–H groups in total. The highest BCUT2D eigenvalue weighted by Gasteiger charge is 2.52. The fourth-order valence-electron chi connectivity index (χ4n) is 3.53. The van der Waals surface area contributed by atoms with Gasteiger partial charge in [-0.2, -0.15) is 8.78 Å². The number of benzene rings is 1. The molecule has 0 radical (unpaired) electrons. The predicted octanol–water partition coefficient (Wildman–Crippen LogP) is 3.52. The van der Waals surface area contributed by atoms with E-state index >= 15 is 0 Å². The van der Waals surface area contributed by atoms with E-state index in [4.69, 9.17) is 5.11 Å². The van der Waals surface area contributed by atoms with Crippen LogP contribution >= 0.6 is 0 Å². The van der Waals surface area contributed by atoms with Crippen LogP contribution in [0.2, 0.25) is 0 Å². The van der Waals surface area contributed by atoms with Crippen molar-refractivity contribution >= 4 is 11.9 Å². The fourth-order valence-corrected chi connectivity index (χ4v) is 3.53. The third-order valence-corrected chi connectivity index (χ3v) is 5.25. The number of nitrogens with zero attached hydrogens (tertiary/aromatic N) is 1. The topological polar surface area (TPSA) is 77.8 Å². The largest absolute Gasteiger partial charge is 0.478 e. The van der Waals surface area contributed by atoms with Gasteiger partial charge in [0.1, 0.15) is 0 Å². The van der Waals surface area contributed by atoms with E-state index in [1.54, 1.807) is 12.1 Å². The molecule has 5 nitrogen and oxygen atoms in total. The van der Waals surface area contributed by atoms with Crippen molar-refractivity contribution in [3.05, 3.63) is 47.5 Å². The minimum Gasteiger partial charge on any atom is -0.478 e. The predicted molar refractivity (Wildman–Crippen MR) is 101 cm³/mol. The van der Waals surface area contributed by atoms with Gasteiger partial charge in [0.2, 0.25) is 0 Å². The molecule has 2 rings (SSSR count). The van der Waals surface area contributed by atoms with Gasteiger partial charge in [-0.25, -0.2) is 4.79 Å². The lowest BCUT2D eigenvalue weighted by molar-refractivity contribution is -0.148. The molecule has 1 saturated heterocycles. The zero-order chi connectivity index (χ0) is 20.9. The van der Waals surface area contributed by atoms with Crippen LogP contribution in [0, 0.1) is 5.92 Å². The van der Waals surface area contributed by atoms with Crippen LogP contribution in [0.25, 0.3) is 0 Å². The number of carboxylic acids is 1. The summed E-state index contributed by atoms with van der Waals surface area (Å²) >= 11 is 0. The number of hydrogen-bond acceptors (Lipinski definition) is 3. The molecule has 1 aromatic rings. The maximum Gasteiger partial charge on any atom is 0.335 e. The van der Waals surface area contributed by atoms with Crippen molar-refractivity contribution < 1.29 is 28.6 Å². The monoisotopic (exact) mass is 395 g/mol. The van der Waals surface area contributed by atoms with Gasteiger partial charge in [0.25, 0.3) is 5.91 Å². The molecule has 1 heterocycles. The van der Waals surface area contributed by atoms with Crippen LogP contribution < -0.4 is 0 Å². The first-order valence-corrected chi connectivity index (χ1v) is 9.47. The number of carbonyl (C=O) groups excluding carboxylic acids is 1. The summed E-state index contributed by atoms with van der Waals surface area (Å²) in [4.78, 5) is 24.2. The molecule has 0 aromatic heterocycles. The lowest BCUT2D eigenvalue weighted by atomic mass is 9.96. The van der Waals surface area contributed by atoms with Gasteiger partial charge in [0, 0.05) is 19.0 Å². The number of alkyl halides is 2. The summed E-state index contributed by atoms with van der Waals surface area (Å²) in [5.41, 5.74) is 0.920. The summed E-state index contributed by atoms with van der Waals surface area (Å²) in [6.45, 7) is 3.84. The van der Waals surface area contributed by atoms with Crippen LogP contribution in [-0.4, -0.2) is 51.6 Å². The quantitative estimate of drug-likeness (QED) is 0.627. The van der Waals surface area contributed by atoms with E-state index in [1.807, 2.05) is 26.0 Å². The van der Waals surface area contributed by atoms with Crippen molar-refractivity contribution in [3.8, 4) is 0 Å². The van der Waals surface area contributed by atoms with Crippen LogP contribution in [0.15, 0.2) is 36.4 Å². The van der Waals surface area contributed by atoms with Gasteiger partial charge in [-0.15, -0.1) is 0 Å². The van der Waals surface area contributed by atoms with Crippen molar-refractivity contribution in [2.24, 2.45) is 5.92 Å². The number of hydrogen-bond donors (Lipinski definition) is 2. The standard InChI is InChI=1S/C21H27F2NO4/c1-3-4-14(2)18(25)10-9-17-13-21(22,23)20(28)24(17)12-11-15-5-7-16(8-6-15)19(26)27/h3-8,14,17-18,25H,9-13H2,1-2H3,(H,26,27)/b4-3+/t14?,17-,18-/m0/s1. The number of carboxylic acid groups (broad SMARTS) is 1. The van der Waals surface area contributed by atoms with E-state index in [9.17, 15) is 23.5 Å². The lowest BCUT2D eigenvalue weighted by Crippen LogP contribution is -2.38. The Morgan fingerprint density at radius 1 is 1.36 bits per heavy atom. The van der Waals surface area contributed by atoms with Crippen LogP contribution in [-0.2, 0) is 11.2 Å². The highest BCUT2D eigenvalue weighted by atomic mass is 19.3. The first-order chi connectivity index (χ1) is 13.2. The van der Waals surface area contributed by atoms with Crippen LogP contribution in [0.1, 0.15) is 49.0 Å². The van der Waals surface area contributed by atoms with E-state index in [0.29, 0.717) is 19.3 Å². The number of amides is 1. The maximum atomic E-state index is 14.0. The Labute approximate surface area is 163 Å². The first kappa shape index (κ1) is 22.0. The molecule has 3 atom stereocenters. The molecule has 0 spiro atoms. The maximum absolute atomic E-state index is 14.0. The zero-order valence-corrected chi connectivity index (χ0v) is 16.1. The SMILES string of the molecule is C/C=C/C(C)[C@@H](O)CC[C@H]1CC(F)(F)C(=O)N1CCc1ccc(C(=O)O)cc1. The highest BCUT2D eigenvalue weighted by molar-refractivity contribution is 5.87. The average Bonchev–Trinajstić information content (AvgIpc) is 2.87. The van der Waals surface area contributed by atoms with Crippen LogP contribution in [0.5, 0.6) is 0 Å². The molecule has 1 unspecified atom stereocenters. The second-order valence-electron chi connectivity index (χ2n) is 7.34. The number of aliphatic hydroxyl groups excluding tert-OH is 1. The van der Waals surface area contributed by atoms with E-state index in [-0.39, 0.29) is 18.0 Å². The zero-order valence-electron chi connectivity index (χ0n) is 16.1. The molecule has 1 aliphatic heterocycles. The smallest absolute Gasteiger partial charge is 0.335 e. The van der Waals surface area contributed by atoms with E-state index in [0.717, 1.165) is 5.56 Å². The number of likely N-dealkylation sites (tertiary alicyclic amines) is 1. The lowest BCUT2D eigenvalue weighted by Gasteiger charge is -2.25. The van der Waals surface area contributed by atoms with Gasteiger partial charge in [-0.3, -0.25) is 4.79 Å². The Balaban J connectivity index is 2.00. The van der Waals surface area contributed by atoms with Crippen molar-refractivity contribution in [2.45, 2.75) is 57.6 Å². The number of allylic oxidation sites excluding steroid dienone is 1. The number of rotatable bonds is 9. The average molecular weight is 395 g/mol. The van der Waals surface area contributed by atoms with Crippen molar-refractivity contribution in [1.82, 2.24) is 4.90 Å². The van der Waals surface area contributed by atoms with E-state index in [1.165, 1.54) is 17.0 Å². The Morgan fingerprint density at radius 3 is 2.57 bits per heavy atom. The summed E-state index contributed by atoms with van der Waals surface area (Å²) in [5, 5.41) is 19.1. The molecule has 7 heteroatoms. The normalized spacial score (nSPS) is 21.2. The van der Waals surface area contributed by atoms with Crippen LogP contribution in [0.4, 0.5) is 8.78 Å². The van der Waals surface area contributed by atoms with Gasteiger partial charge < -0.3 is 15.1 Å². The van der Waals surface area contributed by atoms with Gasteiger partial charge in [0.15, 0.2) is 0 Å². The molecule has 1 amide bonds. The number of aliphatic hydroxyl groups is 1. The minimum atomic E-state index is -3.38. The third-order valence-electron chi connectivity index (χ3n) is 5.25. The Morgan fingerprint density at radius 2 is 2.00 bits per heavy atom. The summed E-state index contributed by atoms with van der Waals surface area (Å²) in [7, 11) is 0. The molecule has 154 valence electrons. The number of carbonyl (C=O) groups is 2. The molecule has 1 aliphatic rings. The first-order valence-electron chi connectivity index (χ1n) is 9.47. The Hall–Kier alpha value is -2.28. The van der Waals surface area contributed by atoms with Gasteiger partial charge in [-0.05, 0) is 49.8 Å². The van der Waals surface area contributed by atoms with Gasteiger partial charge in [0.05, 0.1) is 11.7 Å².